The van der Waals surface area contributed by atoms with Gasteiger partial charge >= 0.3 is 0 Å². The first-order chi connectivity index (χ1) is 14.5. The first-order valence-electron chi connectivity index (χ1n) is 9.34. The number of halogens is 2. The molecule has 1 saturated carbocycles. The third kappa shape index (κ3) is 2.95. The molecule has 0 amide bonds. The highest BCUT2D eigenvalue weighted by Gasteiger charge is 2.58. The summed E-state index contributed by atoms with van der Waals surface area (Å²) >= 11 is 1.43. The number of aliphatic imine (C=N–C) groups is 1. The fourth-order valence-corrected chi connectivity index (χ4v) is 5.23. The van der Waals surface area contributed by atoms with Crippen LogP contribution in [0.4, 0.5) is 20.3 Å². The van der Waals surface area contributed by atoms with Crippen LogP contribution < -0.4 is 11.1 Å². The van der Waals surface area contributed by atoms with Crippen molar-refractivity contribution in [1.29, 1.82) is 5.26 Å². The highest BCUT2D eigenvalue weighted by atomic mass is 32.2. The highest BCUT2D eigenvalue weighted by Crippen LogP contribution is 2.58. The summed E-state index contributed by atoms with van der Waals surface area (Å²) < 4.78 is 29.1. The van der Waals surface area contributed by atoms with Crippen LogP contribution in [-0.4, -0.2) is 27.1 Å². The van der Waals surface area contributed by atoms with Crippen molar-refractivity contribution in [2.45, 2.75) is 17.2 Å². The van der Waals surface area contributed by atoms with E-state index >= 15 is 0 Å². The molecular weight excluding hydrogens is 406 g/mol. The van der Waals surface area contributed by atoms with Crippen molar-refractivity contribution in [2.24, 2.45) is 16.6 Å². The monoisotopic (exact) mass is 422 g/mol. The number of nitrogens with one attached hydrogen (secondary N) is 1. The maximum absolute atomic E-state index is 14.8. The maximum atomic E-state index is 14.8. The summed E-state index contributed by atoms with van der Waals surface area (Å²) in [5.41, 5.74) is 6.34. The molecule has 150 valence electrons. The number of fused-ring (bicyclic) bond motifs is 2. The van der Waals surface area contributed by atoms with Crippen molar-refractivity contribution in [3.8, 4) is 6.07 Å². The Labute approximate surface area is 175 Å². The van der Waals surface area contributed by atoms with Gasteiger partial charge < -0.3 is 11.1 Å². The predicted octanol–water partition coefficient (Wildman–Crippen LogP) is 4.00. The van der Waals surface area contributed by atoms with Crippen molar-refractivity contribution in [1.82, 2.24) is 9.97 Å². The number of benzene rings is 1. The molecule has 2 aromatic heterocycles. The van der Waals surface area contributed by atoms with Crippen LogP contribution in [0.2, 0.25) is 0 Å². The molecule has 1 aromatic carbocycles. The predicted molar refractivity (Wildman–Crippen MR) is 113 cm³/mol. The van der Waals surface area contributed by atoms with Gasteiger partial charge in [0, 0.05) is 40.2 Å². The Kier molecular flexibility index (Phi) is 4.33. The Balaban J connectivity index is 1.56. The molecule has 5 rings (SSSR count). The van der Waals surface area contributed by atoms with E-state index in [4.69, 9.17) is 11.0 Å². The molecule has 1 aliphatic carbocycles. The van der Waals surface area contributed by atoms with Crippen LogP contribution in [-0.2, 0) is 5.54 Å². The van der Waals surface area contributed by atoms with E-state index in [0.29, 0.717) is 22.6 Å². The smallest absolute Gasteiger partial charge is 0.156 e. The zero-order valence-electron chi connectivity index (χ0n) is 15.6. The second kappa shape index (κ2) is 6.92. The second-order valence-electron chi connectivity index (χ2n) is 7.39. The lowest BCUT2D eigenvalue weighted by Crippen LogP contribution is -2.36. The molecule has 3 N–H and O–H groups in total. The first-order valence-corrected chi connectivity index (χ1v) is 10.2. The molecule has 3 atom stereocenters. The van der Waals surface area contributed by atoms with Gasteiger partial charge in [0.2, 0.25) is 0 Å². The molecule has 2 aliphatic rings. The number of nitrogens with zero attached hydrogens (tertiary/aromatic N) is 4. The molecule has 0 spiro atoms. The Morgan fingerprint density at radius 1 is 1.30 bits per heavy atom. The Hall–Kier alpha value is -3.25. The molecule has 9 heteroatoms. The molecule has 30 heavy (non-hydrogen) atoms. The van der Waals surface area contributed by atoms with Crippen molar-refractivity contribution < 1.29 is 8.78 Å². The molecule has 3 aromatic rings. The third-order valence-electron chi connectivity index (χ3n) is 5.55. The summed E-state index contributed by atoms with van der Waals surface area (Å²) in [7, 11) is 0. The molecule has 6 nitrogen and oxygen atoms in total. The Morgan fingerprint density at radius 2 is 2.17 bits per heavy atom. The number of pyridine rings is 2. The molecule has 1 aliphatic heterocycles. The molecule has 0 saturated heterocycles. The molecular formula is C21H16F2N6S. The minimum Gasteiger partial charge on any atom is -0.379 e. The average molecular weight is 422 g/mol. The number of alkyl halides is 1. The molecule has 0 unspecified atom stereocenters. The van der Waals surface area contributed by atoms with Crippen LogP contribution in [0.25, 0.3) is 10.9 Å². The van der Waals surface area contributed by atoms with Gasteiger partial charge in [0.05, 0.1) is 5.56 Å². The van der Waals surface area contributed by atoms with Gasteiger partial charge in [-0.15, -0.1) is 0 Å². The number of rotatable bonds is 4. The third-order valence-corrected chi connectivity index (χ3v) is 6.71. The normalized spacial score (nSPS) is 24.6. The van der Waals surface area contributed by atoms with E-state index in [0.717, 1.165) is 11.8 Å². The summed E-state index contributed by atoms with van der Waals surface area (Å²) in [6.45, 7) is -0.819. The summed E-state index contributed by atoms with van der Waals surface area (Å²) in [4.78, 5) is 13.0. The van der Waals surface area contributed by atoms with Crippen molar-refractivity contribution in [3.63, 3.8) is 0 Å². The molecule has 1 fully saturated rings. The Bertz CT molecular complexity index is 1240. The molecule has 0 radical (unpaired) electrons. The SMILES string of the molecule is N#Cc1cnc2c(Nc3ccc(F)c([C@@]4(CF)N=C(N)S[C@H]5C[C@H]54)c3)nccc2c1. The van der Waals surface area contributed by atoms with Gasteiger partial charge in [-0.3, -0.25) is 4.98 Å². The number of thioether (sulfide) groups is 1. The van der Waals surface area contributed by atoms with Crippen LogP contribution in [0.1, 0.15) is 17.5 Å². The molecule has 0 bridgehead atoms. The zero-order chi connectivity index (χ0) is 20.9. The fourth-order valence-electron chi connectivity index (χ4n) is 4.01. The minimum atomic E-state index is -1.30. The van der Waals surface area contributed by atoms with Gasteiger partial charge in [0.25, 0.3) is 0 Å². The van der Waals surface area contributed by atoms with Gasteiger partial charge in [-0.2, -0.15) is 5.26 Å². The quantitative estimate of drug-likeness (QED) is 0.659. The van der Waals surface area contributed by atoms with E-state index in [1.54, 1.807) is 30.5 Å². The van der Waals surface area contributed by atoms with E-state index in [2.05, 4.69) is 26.3 Å². The second-order valence-corrected chi connectivity index (χ2v) is 8.65. The first kappa shape index (κ1) is 18.8. The van der Waals surface area contributed by atoms with Crippen LogP contribution in [0.5, 0.6) is 0 Å². The number of anilines is 2. The summed E-state index contributed by atoms with van der Waals surface area (Å²) in [6, 6.07) is 9.96. The minimum absolute atomic E-state index is 0.0775. The van der Waals surface area contributed by atoms with E-state index in [1.807, 2.05) is 0 Å². The van der Waals surface area contributed by atoms with Gasteiger partial charge in [0.15, 0.2) is 11.0 Å². The number of nitriles is 1. The van der Waals surface area contributed by atoms with E-state index in [1.165, 1.54) is 24.0 Å². The number of aromatic nitrogens is 2. The summed E-state index contributed by atoms with van der Waals surface area (Å²) in [5, 5.41) is 13.4. The number of hydrogen-bond acceptors (Lipinski definition) is 7. The van der Waals surface area contributed by atoms with Crippen LogP contribution in [0.3, 0.4) is 0 Å². The lowest BCUT2D eigenvalue weighted by molar-refractivity contribution is 0.272. The van der Waals surface area contributed by atoms with Crippen LogP contribution >= 0.6 is 11.8 Å². The van der Waals surface area contributed by atoms with Gasteiger partial charge in [-0.05, 0) is 36.8 Å². The topological polar surface area (TPSA) is 100.0 Å². The van der Waals surface area contributed by atoms with Crippen molar-refractivity contribution in [2.75, 3.05) is 12.0 Å². The lowest BCUT2D eigenvalue weighted by Gasteiger charge is -2.31. The van der Waals surface area contributed by atoms with E-state index < -0.39 is 18.0 Å². The maximum Gasteiger partial charge on any atom is 0.156 e. The van der Waals surface area contributed by atoms with E-state index in [-0.39, 0.29) is 21.9 Å². The van der Waals surface area contributed by atoms with Gasteiger partial charge in [-0.25, -0.2) is 18.8 Å². The zero-order valence-corrected chi connectivity index (χ0v) is 16.5. The van der Waals surface area contributed by atoms with Crippen LogP contribution in [0.15, 0.2) is 47.7 Å². The highest BCUT2D eigenvalue weighted by molar-refractivity contribution is 8.14. The number of amidine groups is 1. The van der Waals surface area contributed by atoms with E-state index in [9.17, 15) is 8.78 Å². The van der Waals surface area contributed by atoms with Gasteiger partial charge in [0.1, 0.15) is 29.6 Å². The number of nitrogens with two attached hydrogens (primary N) is 1. The van der Waals surface area contributed by atoms with Crippen molar-refractivity contribution in [3.05, 3.63) is 59.7 Å². The van der Waals surface area contributed by atoms with Crippen molar-refractivity contribution >= 4 is 39.3 Å². The average Bonchev–Trinajstić information content (AvgIpc) is 3.54. The fraction of sp³-hybridized carbons (Fsp3) is 0.238. The summed E-state index contributed by atoms with van der Waals surface area (Å²) in [5.74, 6) is -0.142. The number of hydrogen-bond donors (Lipinski definition) is 2. The van der Waals surface area contributed by atoms with Gasteiger partial charge in [-0.1, -0.05) is 11.8 Å². The summed E-state index contributed by atoms with van der Waals surface area (Å²) in [6.07, 6.45) is 3.82. The standard InChI is InChI=1S/C21H16F2N6S/c22-10-21(15-7-17(15)30-20(25)29-21)14-6-13(1-2-16(14)23)28-19-18-12(3-4-26-19)5-11(8-24)9-27-18/h1-6,9,15,17H,7,10H2,(H2,25,29)(H,26,28)/t15-,17+,21-/m1/s1. The Morgan fingerprint density at radius 3 is 2.97 bits per heavy atom. The van der Waals surface area contributed by atoms with Crippen LogP contribution in [0, 0.1) is 23.1 Å². The molecule has 3 heterocycles. The lowest BCUT2D eigenvalue weighted by atomic mass is 9.86. The largest absolute Gasteiger partial charge is 0.379 e.